The van der Waals surface area contributed by atoms with Gasteiger partial charge in [-0.15, -0.1) is 0 Å². The minimum atomic E-state index is -0.532. The quantitative estimate of drug-likeness (QED) is 0.746. The number of hydrogen-bond donors (Lipinski definition) is 3. The number of rotatable bonds is 5. The van der Waals surface area contributed by atoms with Gasteiger partial charge in [-0.25, -0.2) is 9.18 Å². The van der Waals surface area contributed by atoms with Crippen molar-refractivity contribution in [2.75, 3.05) is 10.6 Å². The second-order valence-electron chi connectivity index (χ2n) is 6.41. The Hall–Kier alpha value is -2.83. The van der Waals surface area contributed by atoms with Crippen LogP contribution in [0.4, 0.5) is 20.6 Å². The zero-order valence-corrected chi connectivity index (χ0v) is 14.4. The molecule has 1 aliphatic carbocycles. The Bertz CT molecular complexity index is 755. The highest BCUT2D eigenvalue weighted by Crippen LogP contribution is 2.26. The maximum absolute atomic E-state index is 14.0. The molecule has 7 heteroatoms. The van der Waals surface area contributed by atoms with E-state index in [4.69, 9.17) is 4.42 Å². The Kier molecular flexibility index (Phi) is 5.88. The van der Waals surface area contributed by atoms with Crippen molar-refractivity contribution in [3.05, 3.63) is 48.2 Å². The summed E-state index contributed by atoms with van der Waals surface area (Å²) in [7, 11) is 0. The number of furan rings is 1. The van der Waals surface area contributed by atoms with E-state index >= 15 is 0 Å². The normalized spacial score (nSPS) is 14.7. The van der Waals surface area contributed by atoms with Gasteiger partial charge in [0.1, 0.15) is 11.6 Å². The molecule has 3 amide bonds. The fourth-order valence-electron chi connectivity index (χ4n) is 3.05. The molecule has 0 aliphatic heterocycles. The molecule has 1 saturated carbocycles. The molecule has 1 fully saturated rings. The predicted molar refractivity (Wildman–Crippen MR) is 96.2 cm³/mol. The molecule has 0 atom stereocenters. The van der Waals surface area contributed by atoms with Crippen LogP contribution in [0.3, 0.4) is 0 Å². The number of anilines is 2. The van der Waals surface area contributed by atoms with Gasteiger partial charge in [0, 0.05) is 11.6 Å². The van der Waals surface area contributed by atoms with Crippen molar-refractivity contribution in [3.8, 4) is 0 Å². The number of amides is 3. The molecule has 3 N–H and O–H groups in total. The van der Waals surface area contributed by atoms with Crippen LogP contribution >= 0.6 is 0 Å². The predicted octanol–water partition coefficient (Wildman–Crippen LogP) is 4.26. The van der Waals surface area contributed by atoms with Crippen LogP contribution in [0, 0.1) is 11.7 Å². The summed E-state index contributed by atoms with van der Waals surface area (Å²) in [6, 6.07) is 7.12. The minimum Gasteiger partial charge on any atom is -0.467 e. The SMILES string of the molecule is O=C(NCc1ccco1)Nc1ccc(F)c(NC(=O)C2CCCCC2)c1. The van der Waals surface area contributed by atoms with Gasteiger partial charge in [-0.3, -0.25) is 4.79 Å². The molecule has 3 rings (SSSR count). The molecule has 1 aliphatic rings. The van der Waals surface area contributed by atoms with Gasteiger partial charge in [-0.05, 0) is 43.2 Å². The van der Waals surface area contributed by atoms with Crippen molar-refractivity contribution in [1.82, 2.24) is 5.32 Å². The number of benzene rings is 1. The van der Waals surface area contributed by atoms with E-state index in [1.807, 2.05) is 0 Å². The van der Waals surface area contributed by atoms with E-state index in [9.17, 15) is 14.0 Å². The van der Waals surface area contributed by atoms with Crippen LogP contribution in [-0.4, -0.2) is 11.9 Å². The zero-order chi connectivity index (χ0) is 18.4. The number of carbonyl (C=O) groups is 2. The maximum Gasteiger partial charge on any atom is 0.319 e. The molecule has 26 heavy (non-hydrogen) atoms. The lowest BCUT2D eigenvalue weighted by Crippen LogP contribution is -2.28. The monoisotopic (exact) mass is 359 g/mol. The fourth-order valence-corrected chi connectivity index (χ4v) is 3.05. The van der Waals surface area contributed by atoms with E-state index in [0.717, 1.165) is 32.1 Å². The minimum absolute atomic E-state index is 0.0728. The first-order chi connectivity index (χ1) is 12.6. The van der Waals surface area contributed by atoms with Gasteiger partial charge >= 0.3 is 6.03 Å². The van der Waals surface area contributed by atoms with E-state index < -0.39 is 11.8 Å². The third-order valence-electron chi connectivity index (χ3n) is 4.46. The molecular formula is C19H22FN3O3. The van der Waals surface area contributed by atoms with Crippen molar-refractivity contribution in [1.29, 1.82) is 0 Å². The number of halogens is 1. The molecule has 2 aromatic rings. The highest BCUT2D eigenvalue weighted by Gasteiger charge is 2.22. The first kappa shape index (κ1) is 18.0. The first-order valence-electron chi connectivity index (χ1n) is 8.79. The summed E-state index contributed by atoms with van der Waals surface area (Å²) in [6.45, 7) is 0.241. The average molecular weight is 359 g/mol. The van der Waals surface area contributed by atoms with Crippen molar-refractivity contribution in [2.45, 2.75) is 38.6 Å². The summed E-state index contributed by atoms with van der Waals surface area (Å²) in [5.41, 5.74) is 0.465. The molecular weight excluding hydrogens is 337 g/mol. The van der Waals surface area contributed by atoms with Crippen LogP contribution < -0.4 is 16.0 Å². The summed E-state index contributed by atoms with van der Waals surface area (Å²) in [4.78, 5) is 24.2. The van der Waals surface area contributed by atoms with Crippen LogP contribution in [0.5, 0.6) is 0 Å². The molecule has 0 unspecified atom stereocenters. The summed E-state index contributed by atoms with van der Waals surface area (Å²) < 4.78 is 19.1. The van der Waals surface area contributed by atoms with Gasteiger partial charge in [-0.2, -0.15) is 0 Å². The van der Waals surface area contributed by atoms with Crippen molar-refractivity contribution >= 4 is 23.3 Å². The zero-order valence-electron chi connectivity index (χ0n) is 14.4. The Balaban J connectivity index is 1.57. The van der Waals surface area contributed by atoms with Gasteiger partial charge in [0.05, 0.1) is 18.5 Å². The van der Waals surface area contributed by atoms with E-state index in [2.05, 4.69) is 16.0 Å². The van der Waals surface area contributed by atoms with E-state index in [1.165, 1.54) is 24.5 Å². The molecule has 0 saturated heterocycles. The molecule has 1 aromatic heterocycles. The molecule has 0 radical (unpaired) electrons. The van der Waals surface area contributed by atoms with E-state index in [1.54, 1.807) is 12.1 Å². The summed E-state index contributed by atoms with van der Waals surface area (Å²) in [6.07, 6.45) is 6.39. The third-order valence-corrected chi connectivity index (χ3v) is 4.46. The summed E-state index contributed by atoms with van der Waals surface area (Å²) in [5.74, 6) is -0.144. The van der Waals surface area contributed by atoms with Crippen LogP contribution in [0.15, 0.2) is 41.0 Å². The average Bonchev–Trinajstić information content (AvgIpc) is 3.17. The Morgan fingerprint density at radius 2 is 1.92 bits per heavy atom. The Labute approximate surface area is 151 Å². The van der Waals surface area contributed by atoms with Gasteiger partial charge in [0.15, 0.2) is 0 Å². The number of urea groups is 1. The van der Waals surface area contributed by atoms with E-state index in [-0.39, 0.29) is 24.1 Å². The van der Waals surface area contributed by atoms with Gasteiger partial charge in [-0.1, -0.05) is 19.3 Å². The molecule has 1 aromatic carbocycles. The lowest BCUT2D eigenvalue weighted by Gasteiger charge is -2.21. The largest absolute Gasteiger partial charge is 0.467 e. The number of nitrogens with one attached hydrogen (secondary N) is 3. The number of carbonyl (C=O) groups excluding carboxylic acids is 2. The van der Waals surface area contributed by atoms with Crippen LogP contribution in [0.25, 0.3) is 0 Å². The lowest BCUT2D eigenvalue weighted by molar-refractivity contribution is -0.120. The van der Waals surface area contributed by atoms with Crippen LogP contribution in [-0.2, 0) is 11.3 Å². The standard InChI is InChI=1S/C19H22FN3O3/c20-16-9-8-14(22-19(25)21-12-15-7-4-10-26-15)11-17(16)23-18(24)13-5-2-1-3-6-13/h4,7-11,13H,1-3,5-6,12H2,(H,23,24)(H2,21,22,25). The third kappa shape index (κ3) is 4.84. The first-order valence-corrected chi connectivity index (χ1v) is 8.79. The summed E-state index contributed by atoms with van der Waals surface area (Å²) >= 11 is 0. The molecule has 138 valence electrons. The van der Waals surface area contributed by atoms with Gasteiger partial charge in [0.25, 0.3) is 0 Å². The van der Waals surface area contributed by atoms with Gasteiger partial charge in [0.2, 0.25) is 5.91 Å². The highest BCUT2D eigenvalue weighted by molar-refractivity contribution is 5.94. The smallest absolute Gasteiger partial charge is 0.319 e. The maximum atomic E-state index is 14.0. The Morgan fingerprint density at radius 3 is 2.65 bits per heavy atom. The van der Waals surface area contributed by atoms with E-state index in [0.29, 0.717) is 11.4 Å². The fraction of sp³-hybridized carbons (Fsp3) is 0.368. The van der Waals surface area contributed by atoms with Crippen molar-refractivity contribution in [3.63, 3.8) is 0 Å². The van der Waals surface area contributed by atoms with Gasteiger partial charge < -0.3 is 20.4 Å². The van der Waals surface area contributed by atoms with Crippen LogP contribution in [0.1, 0.15) is 37.9 Å². The van der Waals surface area contributed by atoms with Crippen molar-refractivity contribution in [2.24, 2.45) is 5.92 Å². The topological polar surface area (TPSA) is 83.4 Å². The van der Waals surface area contributed by atoms with Crippen molar-refractivity contribution < 1.29 is 18.4 Å². The molecule has 1 heterocycles. The number of hydrogen-bond acceptors (Lipinski definition) is 3. The second-order valence-corrected chi connectivity index (χ2v) is 6.41. The van der Waals surface area contributed by atoms with Crippen LogP contribution in [0.2, 0.25) is 0 Å². The molecule has 0 bridgehead atoms. The highest BCUT2D eigenvalue weighted by atomic mass is 19.1. The molecule has 0 spiro atoms. The summed E-state index contributed by atoms with van der Waals surface area (Å²) in [5, 5.41) is 7.90. The Morgan fingerprint density at radius 1 is 1.12 bits per heavy atom. The second kappa shape index (κ2) is 8.51. The lowest BCUT2D eigenvalue weighted by atomic mass is 9.88. The molecule has 6 nitrogen and oxygen atoms in total.